The minimum absolute atomic E-state index is 0.0136. The normalized spacial score (nSPS) is 44.3. The van der Waals surface area contributed by atoms with Crippen molar-refractivity contribution >= 4 is 11.8 Å². The van der Waals surface area contributed by atoms with Crippen molar-refractivity contribution in [2.75, 3.05) is 0 Å². The van der Waals surface area contributed by atoms with Crippen LogP contribution in [0.15, 0.2) is 12.2 Å². The summed E-state index contributed by atoms with van der Waals surface area (Å²) in [5.74, 6) is 2.17. The molecule has 4 heteroatoms. The summed E-state index contributed by atoms with van der Waals surface area (Å²) in [6, 6.07) is 0.104. The first-order chi connectivity index (χ1) is 12.4. The lowest BCUT2D eigenvalue weighted by atomic mass is 9.48. The molecule has 0 bridgehead atoms. The van der Waals surface area contributed by atoms with Crippen molar-refractivity contribution < 1.29 is 9.59 Å². The number of rotatable bonds is 3. The summed E-state index contributed by atoms with van der Waals surface area (Å²) < 4.78 is 0. The summed E-state index contributed by atoms with van der Waals surface area (Å²) in [4.78, 5) is 24.7. The highest BCUT2D eigenvalue weighted by Crippen LogP contribution is 2.63. The Balaban J connectivity index is 1.61. The number of carbonyl (C=O) groups is 2. The number of nitrogens with zero attached hydrogens (tertiary/aromatic N) is 1. The number of hydrogen-bond acceptors (Lipinski definition) is 2. The van der Waals surface area contributed by atoms with Crippen LogP contribution in [0.1, 0.15) is 78.6 Å². The largest absolute Gasteiger partial charge is 0.273 e. The van der Waals surface area contributed by atoms with Crippen LogP contribution >= 0.6 is 0 Å². The molecular formula is C22H34N2O2. The number of hydrogen-bond donors (Lipinski definition) is 1. The third-order valence-corrected chi connectivity index (χ3v) is 8.37. The Morgan fingerprint density at radius 2 is 2.00 bits per heavy atom. The molecule has 1 N–H and O–H groups in total. The molecule has 3 aliphatic carbocycles. The molecule has 0 aromatic carbocycles. The fraction of sp³-hybridized carbons (Fsp3) is 0.818. The van der Waals surface area contributed by atoms with E-state index >= 15 is 0 Å². The lowest BCUT2D eigenvalue weighted by molar-refractivity contribution is -0.153. The van der Waals surface area contributed by atoms with E-state index in [2.05, 4.69) is 25.3 Å². The van der Waals surface area contributed by atoms with E-state index in [0.717, 1.165) is 24.7 Å². The highest BCUT2D eigenvalue weighted by atomic mass is 16.2. The molecule has 4 nitrogen and oxygen atoms in total. The third kappa shape index (κ3) is 2.63. The van der Waals surface area contributed by atoms with Crippen LogP contribution in [0.2, 0.25) is 0 Å². The second-order valence-corrected chi connectivity index (χ2v) is 9.75. The van der Waals surface area contributed by atoms with Crippen molar-refractivity contribution in [3.8, 4) is 0 Å². The molecule has 0 radical (unpaired) electrons. The molecular weight excluding hydrogens is 324 g/mol. The topological polar surface area (TPSA) is 49.4 Å². The fourth-order valence-electron chi connectivity index (χ4n) is 7.04. The van der Waals surface area contributed by atoms with Gasteiger partial charge in [-0.15, -0.1) is 0 Å². The Bertz CT molecular complexity index is 630. The van der Waals surface area contributed by atoms with Gasteiger partial charge < -0.3 is 0 Å². The van der Waals surface area contributed by atoms with Gasteiger partial charge in [0.25, 0.3) is 5.91 Å². The molecule has 0 aromatic heterocycles. The molecule has 2 amide bonds. The van der Waals surface area contributed by atoms with Gasteiger partial charge in [0.05, 0.1) is 6.04 Å². The molecule has 0 aromatic rings. The monoisotopic (exact) mass is 358 g/mol. The zero-order valence-corrected chi connectivity index (χ0v) is 16.6. The van der Waals surface area contributed by atoms with Gasteiger partial charge in [0.1, 0.15) is 0 Å². The average Bonchev–Trinajstić information content (AvgIpc) is 3.00. The number of nitrogens with one attached hydrogen (secondary N) is 1. The molecule has 6 atom stereocenters. The van der Waals surface area contributed by atoms with Gasteiger partial charge in [0.15, 0.2) is 0 Å². The van der Waals surface area contributed by atoms with Gasteiger partial charge in [-0.3, -0.25) is 15.0 Å². The second-order valence-electron chi connectivity index (χ2n) is 9.75. The third-order valence-electron chi connectivity index (χ3n) is 8.37. The number of hydrazine groups is 1. The van der Waals surface area contributed by atoms with Crippen molar-refractivity contribution in [2.45, 2.75) is 84.6 Å². The van der Waals surface area contributed by atoms with Gasteiger partial charge in [-0.25, -0.2) is 5.01 Å². The van der Waals surface area contributed by atoms with Crippen molar-refractivity contribution in [1.82, 2.24) is 10.4 Å². The SMILES string of the molecule is CCCC(=O)NN1C(=O)C=C[C@@]2(C)C1CC[C@@H]1[C@H]2CC[C@]2(C)CCC[C@@H]12. The van der Waals surface area contributed by atoms with Crippen LogP contribution in [0, 0.1) is 28.6 Å². The van der Waals surface area contributed by atoms with E-state index in [-0.39, 0.29) is 23.3 Å². The average molecular weight is 359 g/mol. The van der Waals surface area contributed by atoms with Crippen LogP contribution in [0.5, 0.6) is 0 Å². The van der Waals surface area contributed by atoms with E-state index in [1.54, 1.807) is 11.1 Å². The summed E-state index contributed by atoms with van der Waals surface area (Å²) in [6.07, 6.45) is 14.2. The van der Waals surface area contributed by atoms with Gasteiger partial charge in [-0.05, 0) is 68.1 Å². The van der Waals surface area contributed by atoms with E-state index in [9.17, 15) is 9.59 Å². The van der Waals surface area contributed by atoms with E-state index < -0.39 is 0 Å². The highest BCUT2D eigenvalue weighted by Gasteiger charge is 2.58. The molecule has 4 aliphatic rings. The Morgan fingerprint density at radius 3 is 2.77 bits per heavy atom. The van der Waals surface area contributed by atoms with Crippen LogP contribution in [-0.2, 0) is 9.59 Å². The lowest BCUT2D eigenvalue weighted by Crippen LogP contribution is -2.64. The highest BCUT2D eigenvalue weighted by molar-refractivity contribution is 5.91. The fourth-order valence-corrected chi connectivity index (χ4v) is 7.04. The van der Waals surface area contributed by atoms with Gasteiger partial charge in [0, 0.05) is 17.9 Å². The zero-order valence-electron chi connectivity index (χ0n) is 16.6. The van der Waals surface area contributed by atoms with E-state index in [0.29, 0.717) is 17.8 Å². The summed E-state index contributed by atoms with van der Waals surface area (Å²) in [5, 5.41) is 1.68. The molecule has 26 heavy (non-hydrogen) atoms. The van der Waals surface area contributed by atoms with Gasteiger partial charge in [-0.2, -0.15) is 0 Å². The summed E-state index contributed by atoms with van der Waals surface area (Å²) >= 11 is 0. The van der Waals surface area contributed by atoms with Crippen LogP contribution in [0.25, 0.3) is 0 Å². The first-order valence-electron chi connectivity index (χ1n) is 10.7. The maximum atomic E-state index is 12.5. The number of carbonyl (C=O) groups excluding carboxylic acids is 2. The molecule has 1 aliphatic heterocycles. The molecule has 4 rings (SSSR count). The van der Waals surface area contributed by atoms with E-state index in [1.807, 2.05) is 6.92 Å². The number of fused-ring (bicyclic) bond motifs is 5. The molecule has 3 fully saturated rings. The molecule has 0 saturated heterocycles. The zero-order chi connectivity index (χ0) is 18.5. The van der Waals surface area contributed by atoms with Gasteiger partial charge in [-0.1, -0.05) is 33.3 Å². The first-order valence-corrected chi connectivity index (χ1v) is 10.7. The minimum atomic E-state index is -0.0584. The van der Waals surface area contributed by atoms with Crippen LogP contribution in [0.4, 0.5) is 0 Å². The van der Waals surface area contributed by atoms with Crippen LogP contribution in [0.3, 0.4) is 0 Å². The molecule has 0 spiro atoms. The Labute approximate surface area is 157 Å². The maximum absolute atomic E-state index is 12.5. The van der Waals surface area contributed by atoms with Crippen molar-refractivity contribution in [3.05, 3.63) is 12.2 Å². The second kappa shape index (κ2) is 6.38. The van der Waals surface area contributed by atoms with E-state index in [4.69, 9.17) is 0 Å². The Kier molecular flexibility index (Phi) is 4.44. The van der Waals surface area contributed by atoms with Crippen LogP contribution in [-0.4, -0.2) is 22.9 Å². The van der Waals surface area contributed by atoms with E-state index in [1.165, 1.54) is 38.5 Å². The van der Waals surface area contributed by atoms with Crippen LogP contribution < -0.4 is 5.43 Å². The molecule has 144 valence electrons. The van der Waals surface area contributed by atoms with Crippen molar-refractivity contribution in [3.63, 3.8) is 0 Å². The van der Waals surface area contributed by atoms with Crippen molar-refractivity contribution in [2.24, 2.45) is 28.6 Å². The van der Waals surface area contributed by atoms with Gasteiger partial charge in [0.2, 0.25) is 5.91 Å². The summed E-state index contributed by atoms with van der Waals surface area (Å²) in [7, 11) is 0. The number of amides is 2. The maximum Gasteiger partial charge on any atom is 0.264 e. The standard InChI is InChI=1S/C22H34N2O2/c1-4-6-19(25)23-24-18-9-8-15-16-7-5-12-21(16,2)13-10-17(15)22(18,3)14-11-20(24)26/h11,14-18H,4-10,12-13H2,1-3H3,(H,23,25)/t15-,16-,17+,18?,21-,22+/m0/s1. The predicted octanol–water partition coefficient (Wildman–Crippen LogP) is 4.22. The molecule has 1 heterocycles. The predicted molar refractivity (Wildman–Crippen MR) is 102 cm³/mol. The van der Waals surface area contributed by atoms with Crippen molar-refractivity contribution in [1.29, 1.82) is 0 Å². The first kappa shape index (κ1) is 18.1. The smallest absolute Gasteiger partial charge is 0.264 e. The van der Waals surface area contributed by atoms with Gasteiger partial charge >= 0.3 is 0 Å². The molecule has 1 unspecified atom stereocenters. The Hall–Kier alpha value is -1.32. The summed E-state index contributed by atoms with van der Waals surface area (Å²) in [6.45, 7) is 6.86. The Morgan fingerprint density at radius 1 is 1.19 bits per heavy atom. The lowest BCUT2D eigenvalue weighted by Gasteiger charge is -2.59. The quantitative estimate of drug-likeness (QED) is 0.821. The molecule has 3 saturated carbocycles. The minimum Gasteiger partial charge on any atom is -0.273 e. The summed E-state index contributed by atoms with van der Waals surface area (Å²) in [5.41, 5.74) is 3.47.